The number of carbonyl (C=O) groups is 2. The molecule has 1 aliphatic carbocycles. The van der Waals surface area contributed by atoms with Gasteiger partial charge in [-0.3, -0.25) is 4.79 Å². The highest BCUT2D eigenvalue weighted by molar-refractivity contribution is 5.82. The summed E-state index contributed by atoms with van der Waals surface area (Å²) < 4.78 is 16.6. The zero-order valence-electron chi connectivity index (χ0n) is 20.7. The predicted octanol–water partition coefficient (Wildman–Crippen LogP) is 5.97. The average molecular weight is 476 g/mol. The van der Waals surface area contributed by atoms with Gasteiger partial charge >= 0.3 is 11.9 Å². The molecule has 1 saturated carbocycles. The number of rotatable bonds is 8. The van der Waals surface area contributed by atoms with Crippen LogP contribution in [0.1, 0.15) is 63.6 Å². The van der Waals surface area contributed by atoms with Crippen molar-refractivity contribution < 1.29 is 23.8 Å². The Hall–Kier alpha value is -3.41. The largest absolute Gasteiger partial charge is 0.487 e. The molecule has 3 aromatic rings. The molecule has 2 aromatic carbocycles. The van der Waals surface area contributed by atoms with Crippen LogP contribution in [-0.4, -0.2) is 29.1 Å². The van der Waals surface area contributed by atoms with Crippen LogP contribution in [-0.2, 0) is 25.7 Å². The first-order chi connectivity index (χ1) is 16.8. The molecule has 0 spiro atoms. The fraction of sp³-hybridized carbons (Fsp3) is 0.414. The van der Waals surface area contributed by atoms with E-state index in [0.29, 0.717) is 12.4 Å². The number of aromatic nitrogens is 1. The van der Waals surface area contributed by atoms with Crippen molar-refractivity contribution in [3.63, 3.8) is 0 Å². The summed E-state index contributed by atoms with van der Waals surface area (Å²) in [4.78, 5) is 29.7. The van der Waals surface area contributed by atoms with Crippen molar-refractivity contribution in [3.8, 4) is 5.75 Å². The van der Waals surface area contributed by atoms with Crippen LogP contribution >= 0.6 is 0 Å². The third kappa shape index (κ3) is 6.81. The number of nitrogens with zero attached hydrogens (tertiary/aromatic N) is 1. The van der Waals surface area contributed by atoms with Gasteiger partial charge in [-0.2, -0.15) is 0 Å². The molecule has 0 aliphatic heterocycles. The Bertz CT molecular complexity index is 1160. The van der Waals surface area contributed by atoms with Crippen molar-refractivity contribution in [1.82, 2.24) is 4.98 Å². The van der Waals surface area contributed by atoms with Crippen LogP contribution in [0.15, 0.2) is 60.7 Å². The number of hydrogen-bond acceptors (Lipinski definition) is 6. The summed E-state index contributed by atoms with van der Waals surface area (Å²) >= 11 is 0. The molecule has 0 bridgehead atoms. The summed E-state index contributed by atoms with van der Waals surface area (Å²) in [5.41, 5.74) is 2.05. The highest BCUT2D eigenvalue weighted by Crippen LogP contribution is 2.38. The summed E-state index contributed by atoms with van der Waals surface area (Å²) in [6.07, 6.45) is 4.14. The summed E-state index contributed by atoms with van der Waals surface area (Å²) in [5, 5.41) is 1.09. The maximum absolute atomic E-state index is 13.0. The van der Waals surface area contributed by atoms with Gasteiger partial charge in [-0.15, -0.1) is 0 Å². The zero-order valence-corrected chi connectivity index (χ0v) is 20.7. The van der Waals surface area contributed by atoms with E-state index in [1.54, 1.807) is 20.8 Å². The van der Waals surface area contributed by atoms with Crippen molar-refractivity contribution in [2.24, 2.45) is 5.92 Å². The standard InChI is InChI=1S/C29H33NO5/c1-29(2,3)35-26(31)19-34-28(32)27(21-9-4-5-10-21)22-13-16-24(17-14-22)33-18-23-15-12-20-8-6-7-11-25(20)30-23/h6-8,11-17,21,27H,4-5,9-10,18-19H2,1-3H3. The summed E-state index contributed by atoms with van der Waals surface area (Å²) in [7, 11) is 0. The second-order valence-electron chi connectivity index (χ2n) is 10.1. The number of para-hydroxylation sites is 1. The molecule has 1 fully saturated rings. The van der Waals surface area contributed by atoms with Gasteiger partial charge in [0, 0.05) is 5.39 Å². The Balaban J connectivity index is 1.40. The SMILES string of the molecule is CC(C)(C)OC(=O)COC(=O)C(c1ccc(OCc2ccc3ccccc3n2)cc1)C1CCCC1. The number of pyridine rings is 1. The highest BCUT2D eigenvalue weighted by Gasteiger charge is 2.34. The molecule has 6 heteroatoms. The highest BCUT2D eigenvalue weighted by atomic mass is 16.6. The summed E-state index contributed by atoms with van der Waals surface area (Å²) in [6.45, 7) is 5.34. The lowest BCUT2D eigenvalue weighted by Gasteiger charge is -2.23. The van der Waals surface area contributed by atoms with Gasteiger partial charge in [-0.05, 0) is 69.4 Å². The van der Waals surface area contributed by atoms with E-state index >= 15 is 0 Å². The Morgan fingerprint density at radius 3 is 2.40 bits per heavy atom. The molecular formula is C29H33NO5. The Morgan fingerprint density at radius 2 is 1.69 bits per heavy atom. The van der Waals surface area contributed by atoms with Crippen LogP contribution in [0.2, 0.25) is 0 Å². The van der Waals surface area contributed by atoms with Crippen molar-refractivity contribution in [2.45, 2.75) is 64.6 Å². The molecule has 1 aliphatic rings. The molecular weight excluding hydrogens is 442 g/mol. The average Bonchev–Trinajstić information content (AvgIpc) is 3.35. The molecule has 0 N–H and O–H groups in total. The lowest BCUT2D eigenvalue weighted by Crippen LogP contribution is -2.29. The Kier molecular flexibility index (Phi) is 7.69. The second-order valence-corrected chi connectivity index (χ2v) is 10.1. The maximum atomic E-state index is 13.0. The van der Waals surface area contributed by atoms with Gasteiger partial charge in [0.25, 0.3) is 0 Å². The molecule has 184 valence electrons. The molecule has 0 amide bonds. The number of carbonyl (C=O) groups excluding carboxylic acids is 2. The van der Waals surface area contributed by atoms with Gasteiger partial charge < -0.3 is 14.2 Å². The molecule has 35 heavy (non-hydrogen) atoms. The topological polar surface area (TPSA) is 74.7 Å². The number of benzene rings is 2. The van der Waals surface area contributed by atoms with Crippen molar-refractivity contribution >= 4 is 22.8 Å². The number of esters is 2. The number of fused-ring (bicyclic) bond motifs is 1. The van der Waals surface area contributed by atoms with Crippen LogP contribution < -0.4 is 4.74 Å². The van der Waals surface area contributed by atoms with Crippen LogP contribution in [0, 0.1) is 5.92 Å². The van der Waals surface area contributed by atoms with Crippen molar-refractivity contribution in [3.05, 3.63) is 71.9 Å². The Labute approximate surface area is 206 Å². The fourth-order valence-corrected chi connectivity index (χ4v) is 4.60. The van der Waals surface area contributed by atoms with E-state index < -0.39 is 17.5 Å². The number of hydrogen-bond donors (Lipinski definition) is 0. The third-order valence-corrected chi connectivity index (χ3v) is 6.16. The van der Waals surface area contributed by atoms with Crippen molar-refractivity contribution in [2.75, 3.05) is 6.61 Å². The molecule has 1 unspecified atom stereocenters. The molecule has 1 atom stereocenters. The summed E-state index contributed by atoms with van der Waals surface area (Å²) in [5.74, 6) is -0.416. The molecule has 1 aromatic heterocycles. The molecule has 6 nitrogen and oxygen atoms in total. The Morgan fingerprint density at radius 1 is 0.971 bits per heavy atom. The molecule has 4 rings (SSSR count). The molecule has 0 radical (unpaired) electrons. The first kappa shape index (κ1) is 24.7. The summed E-state index contributed by atoms with van der Waals surface area (Å²) in [6, 6.07) is 19.6. The van der Waals surface area contributed by atoms with Crippen LogP contribution in [0.5, 0.6) is 5.75 Å². The second kappa shape index (κ2) is 10.9. The minimum atomic E-state index is -0.619. The van der Waals surface area contributed by atoms with E-state index in [-0.39, 0.29) is 18.5 Å². The van der Waals surface area contributed by atoms with E-state index in [1.807, 2.05) is 60.7 Å². The smallest absolute Gasteiger partial charge is 0.344 e. The number of ether oxygens (including phenoxy) is 3. The lowest BCUT2D eigenvalue weighted by molar-refractivity contribution is -0.167. The van der Waals surface area contributed by atoms with E-state index in [2.05, 4.69) is 4.98 Å². The third-order valence-electron chi connectivity index (χ3n) is 6.16. The maximum Gasteiger partial charge on any atom is 0.344 e. The minimum Gasteiger partial charge on any atom is -0.487 e. The first-order valence-electron chi connectivity index (χ1n) is 12.2. The molecule has 0 saturated heterocycles. The van der Waals surface area contributed by atoms with Gasteiger partial charge in [0.2, 0.25) is 0 Å². The van der Waals surface area contributed by atoms with Gasteiger partial charge in [-0.1, -0.05) is 49.2 Å². The van der Waals surface area contributed by atoms with E-state index in [0.717, 1.165) is 47.8 Å². The monoisotopic (exact) mass is 475 g/mol. The van der Waals surface area contributed by atoms with Crippen LogP contribution in [0.3, 0.4) is 0 Å². The van der Waals surface area contributed by atoms with Gasteiger partial charge in [0.1, 0.15) is 18.0 Å². The van der Waals surface area contributed by atoms with E-state index in [1.165, 1.54) is 0 Å². The quantitative estimate of drug-likeness (QED) is 0.374. The molecule has 1 heterocycles. The minimum absolute atomic E-state index is 0.203. The van der Waals surface area contributed by atoms with Crippen LogP contribution in [0.4, 0.5) is 0 Å². The van der Waals surface area contributed by atoms with Crippen LogP contribution in [0.25, 0.3) is 10.9 Å². The van der Waals surface area contributed by atoms with E-state index in [4.69, 9.17) is 14.2 Å². The van der Waals surface area contributed by atoms with Crippen molar-refractivity contribution in [1.29, 1.82) is 0 Å². The van der Waals surface area contributed by atoms with Gasteiger partial charge in [0.15, 0.2) is 6.61 Å². The normalized spacial score (nSPS) is 15.1. The first-order valence-corrected chi connectivity index (χ1v) is 12.2. The predicted molar refractivity (Wildman–Crippen MR) is 134 cm³/mol. The lowest BCUT2D eigenvalue weighted by atomic mass is 9.85. The zero-order chi connectivity index (χ0) is 24.8. The van der Waals surface area contributed by atoms with Gasteiger partial charge in [0.05, 0.1) is 17.1 Å². The van der Waals surface area contributed by atoms with E-state index in [9.17, 15) is 9.59 Å². The van der Waals surface area contributed by atoms with Gasteiger partial charge in [-0.25, -0.2) is 9.78 Å². The fourth-order valence-electron chi connectivity index (χ4n) is 4.60.